The van der Waals surface area contributed by atoms with Crippen LogP contribution in [0.5, 0.6) is 0 Å². The smallest absolute Gasteiger partial charge is 0.353 e. The van der Waals surface area contributed by atoms with Gasteiger partial charge in [0.05, 0.1) is 0 Å². The number of fused-ring (bicyclic) bond motifs is 1. The molecule has 3 atom stereocenters. The maximum absolute atomic E-state index is 11.8. The van der Waals surface area contributed by atoms with Gasteiger partial charge in [0.1, 0.15) is 10.1 Å². The summed E-state index contributed by atoms with van der Waals surface area (Å²) in [7, 11) is 1.45. The molecule has 2 bridgehead atoms. The Labute approximate surface area is 125 Å². The van der Waals surface area contributed by atoms with E-state index in [1.807, 2.05) is 0 Å². The highest BCUT2D eigenvalue weighted by Crippen LogP contribution is 2.68. The third-order valence-corrected chi connectivity index (χ3v) is 6.38. The summed E-state index contributed by atoms with van der Waals surface area (Å²) < 4.78 is 10.8. The van der Waals surface area contributed by atoms with E-state index in [-0.39, 0.29) is 21.9 Å². The van der Waals surface area contributed by atoms with E-state index < -0.39 is 11.8 Å². The molecule has 4 aliphatic carbocycles. The topological polar surface area (TPSA) is 35.5 Å². The van der Waals surface area contributed by atoms with Crippen LogP contribution in [0, 0.1) is 23.7 Å². The fourth-order valence-corrected chi connectivity index (χ4v) is 5.29. The van der Waals surface area contributed by atoms with Gasteiger partial charge in [-0.15, -0.1) is 0 Å². The van der Waals surface area contributed by atoms with Gasteiger partial charge in [-0.25, -0.2) is 4.79 Å². The number of hydrogen-bond donors (Lipinski definition) is 0. The molecule has 3 fully saturated rings. The van der Waals surface area contributed by atoms with Crippen molar-refractivity contribution >= 4 is 40.8 Å². The van der Waals surface area contributed by atoms with Crippen molar-refractivity contribution in [3.63, 3.8) is 0 Å². The van der Waals surface area contributed by atoms with E-state index in [1.54, 1.807) is 0 Å². The number of carbonyl (C=O) groups is 1. The van der Waals surface area contributed by atoms with E-state index in [0.29, 0.717) is 22.4 Å². The Bertz CT molecular complexity index is 561. The first-order chi connectivity index (χ1) is 9.01. The Hall–Kier alpha value is -0.220. The SMILES string of the molecule is COC12OC(=O)C(Cl)=C1[C@H]1C3CC(C3)[C@H]1C(Cl)=C2Cl. The van der Waals surface area contributed by atoms with Crippen LogP contribution in [0.4, 0.5) is 0 Å². The molecule has 0 amide bonds. The number of carbonyl (C=O) groups excluding carboxylic acids is 1. The van der Waals surface area contributed by atoms with Crippen LogP contribution in [-0.2, 0) is 14.3 Å². The largest absolute Gasteiger partial charge is 0.419 e. The minimum absolute atomic E-state index is 0.117. The van der Waals surface area contributed by atoms with E-state index in [2.05, 4.69) is 0 Å². The van der Waals surface area contributed by atoms with Crippen molar-refractivity contribution < 1.29 is 14.3 Å². The second kappa shape index (κ2) is 3.70. The Morgan fingerprint density at radius 2 is 1.84 bits per heavy atom. The molecule has 3 nitrogen and oxygen atoms in total. The highest BCUT2D eigenvalue weighted by Gasteiger charge is 2.66. The van der Waals surface area contributed by atoms with E-state index in [0.717, 1.165) is 12.8 Å². The lowest BCUT2D eigenvalue weighted by atomic mass is 9.78. The molecular weight excluding hydrogens is 310 g/mol. The van der Waals surface area contributed by atoms with Crippen LogP contribution in [0.1, 0.15) is 12.8 Å². The highest BCUT2D eigenvalue weighted by molar-refractivity contribution is 6.44. The van der Waals surface area contributed by atoms with Gasteiger partial charge in [0.15, 0.2) is 0 Å². The molecule has 0 aromatic carbocycles. The molecule has 19 heavy (non-hydrogen) atoms. The standard InChI is InChI=1S/C13H11Cl3O3/c1-18-13-8(10(15)12(17)19-13)6-4-2-5(3-4)7(6)9(14)11(13)16/h4-7H,2-3H2,1H3/t4?,5?,6-,7+,13?/m0/s1. The molecule has 0 radical (unpaired) electrons. The molecule has 0 aromatic rings. The first-order valence-electron chi connectivity index (χ1n) is 6.25. The zero-order valence-electron chi connectivity index (χ0n) is 10.1. The highest BCUT2D eigenvalue weighted by atomic mass is 35.5. The van der Waals surface area contributed by atoms with Crippen molar-refractivity contribution in [2.24, 2.45) is 23.7 Å². The number of esters is 1. The van der Waals surface area contributed by atoms with Crippen molar-refractivity contribution in [1.82, 2.24) is 0 Å². The van der Waals surface area contributed by atoms with Gasteiger partial charge in [0.25, 0.3) is 5.79 Å². The van der Waals surface area contributed by atoms with E-state index >= 15 is 0 Å². The number of halogens is 3. The van der Waals surface area contributed by atoms with E-state index in [4.69, 9.17) is 44.3 Å². The summed E-state index contributed by atoms with van der Waals surface area (Å²) in [5.74, 6) is -0.628. The summed E-state index contributed by atoms with van der Waals surface area (Å²) in [6.07, 6.45) is 2.22. The average Bonchev–Trinajstić information content (AvgIpc) is 2.95. The minimum atomic E-state index is -1.38. The number of ether oxygens (including phenoxy) is 2. The van der Waals surface area contributed by atoms with Crippen LogP contribution < -0.4 is 0 Å². The molecular formula is C13H11Cl3O3. The molecule has 1 unspecified atom stereocenters. The first kappa shape index (κ1) is 12.5. The fraction of sp³-hybridized carbons (Fsp3) is 0.615. The number of rotatable bonds is 1. The van der Waals surface area contributed by atoms with Crippen LogP contribution in [0.15, 0.2) is 20.7 Å². The van der Waals surface area contributed by atoms with Gasteiger partial charge in [-0.3, -0.25) is 0 Å². The van der Waals surface area contributed by atoms with Crippen LogP contribution >= 0.6 is 34.8 Å². The number of methoxy groups -OCH3 is 1. The second-order valence-electron chi connectivity index (χ2n) is 5.64. The lowest BCUT2D eigenvalue weighted by Crippen LogP contribution is -2.43. The summed E-state index contributed by atoms with van der Waals surface area (Å²) in [4.78, 5) is 11.8. The normalized spacial score (nSPS) is 47.1. The minimum Gasteiger partial charge on any atom is -0.419 e. The van der Waals surface area contributed by atoms with E-state index in [1.165, 1.54) is 7.11 Å². The quantitative estimate of drug-likeness (QED) is 0.695. The number of hydrogen-bond acceptors (Lipinski definition) is 3. The predicted octanol–water partition coefficient (Wildman–Crippen LogP) is 3.35. The molecule has 102 valence electrons. The summed E-state index contributed by atoms with van der Waals surface area (Å²) in [6, 6.07) is 0. The molecule has 0 spiro atoms. The first-order valence-corrected chi connectivity index (χ1v) is 7.39. The molecule has 5 aliphatic rings. The number of allylic oxidation sites excluding steroid dienone is 1. The zero-order valence-corrected chi connectivity index (χ0v) is 12.4. The fourth-order valence-electron chi connectivity index (χ4n) is 4.22. The summed E-state index contributed by atoms with van der Waals surface area (Å²) in [6.45, 7) is 0. The van der Waals surface area contributed by atoms with Crippen molar-refractivity contribution in [3.8, 4) is 0 Å². The predicted molar refractivity (Wildman–Crippen MR) is 70.6 cm³/mol. The Morgan fingerprint density at radius 3 is 2.47 bits per heavy atom. The molecule has 5 rings (SSSR count). The van der Waals surface area contributed by atoms with Gasteiger partial charge in [0.2, 0.25) is 0 Å². The van der Waals surface area contributed by atoms with Crippen LogP contribution in [-0.4, -0.2) is 18.9 Å². The van der Waals surface area contributed by atoms with Crippen LogP contribution in [0.25, 0.3) is 0 Å². The second-order valence-corrected chi connectivity index (χ2v) is 6.81. The van der Waals surface area contributed by atoms with Gasteiger partial charge in [0, 0.05) is 23.6 Å². The summed E-state index contributed by atoms with van der Waals surface area (Å²) in [5.41, 5.74) is 0.686. The monoisotopic (exact) mass is 320 g/mol. The molecule has 3 saturated carbocycles. The third kappa shape index (κ3) is 1.24. The van der Waals surface area contributed by atoms with Gasteiger partial charge < -0.3 is 9.47 Å². The molecule has 6 heteroatoms. The van der Waals surface area contributed by atoms with Gasteiger partial charge >= 0.3 is 5.97 Å². The van der Waals surface area contributed by atoms with Gasteiger partial charge in [-0.2, -0.15) is 0 Å². The zero-order chi connectivity index (χ0) is 13.5. The summed E-state index contributed by atoms with van der Waals surface area (Å²) >= 11 is 19.0. The van der Waals surface area contributed by atoms with E-state index in [9.17, 15) is 4.79 Å². The lowest BCUT2D eigenvalue weighted by Gasteiger charge is -2.38. The third-order valence-electron chi connectivity index (χ3n) is 5.03. The van der Waals surface area contributed by atoms with Gasteiger partial charge in [-0.05, 0) is 30.6 Å². The molecule has 0 aromatic heterocycles. The molecule has 0 N–H and O–H groups in total. The Morgan fingerprint density at radius 1 is 1.21 bits per heavy atom. The molecule has 0 saturated heterocycles. The van der Waals surface area contributed by atoms with Crippen LogP contribution in [0.3, 0.4) is 0 Å². The summed E-state index contributed by atoms with van der Waals surface area (Å²) in [5, 5.41) is 0.942. The molecule has 1 aliphatic heterocycles. The van der Waals surface area contributed by atoms with Crippen molar-refractivity contribution in [1.29, 1.82) is 0 Å². The van der Waals surface area contributed by atoms with Crippen molar-refractivity contribution in [2.75, 3.05) is 7.11 Å². The Balaban J connectivity index is 1.99. The van der Waals surface area contributed by atoms with Crippen molar-refractivity contribution in [2.45, 2.75) is 18.6 Å². The average molecular weight is 322 g/mol. The lowest BCUT2D eigenvalue weighted by molar-refractivity contribution is -0.179. The maximum atomic E-state index is 11.8. The van der Waals surface area contributed by atoms with Gasteiger partial charge in [-0.1, -0.05) is 34.8 Å². The van der Waals surface area contributed by atoms with Crippen LogP contribution in [0.2, 0.25) is 0 Å². The Kier molecular flexibility index (Phi) is 2.44. The molecule has 1 heterocycles. The maximum Gasteiger partial charge on any atom is 0.353 e. The van der Waals surface area contributed by atoms with Crippen molar-refractivity contribution in [3.05, 3.63) is 20.7 Å².